The molecule has 0 spiro atoms. The van der Waals surface area contributed by atoms with Crippen molar-refractivity contribution in [2.75, 3.05) is 23.0 Å². The van der Waals surface area contributed by atoms with Gasteiger partial charge in [0.05, 0.1) is 5.56 Å². The highest BCUT2D eigenvalue weighted by molar-refractivity contribution is 9.10. The Kier molecular flexibility index (Phi) is 6.64. The molecule has 3 rings (SSSR count). The fraction of sp³-hybridized carbons (Fsp3) is 0.316. The average molecular weight is 431 g/mol. The highest BCUT2D eigenvalue weighted by Gasteiger charge is 2.12. The van der Waals surface area contributed by atoms with E-state index in [-0.39, 0.29) is 5.91 Å². The third kappa shape index (κ3) is 5.19. The smallest absolute Gasteiger partial charge is 0.270 e. The van der Waals surface area contributed by atoms with Gasteiger partial charge in [0.1, 0.15) is 12.0 Å². The summed E-state index contributed by atoms with van der Waals surface area (Å²) in [7, 11) is 0. The number of hydrogen-bond donors (Lipinski definition) is 4. The minimum Gasteiger partial charge on any atom is -0.393 e. The first-order valence-electron chi connectivity index (χ1n) is 8.98. The van der Waals surface area contributed by atoms with Crippen LogP contribution in [0.5, 0.6) is 0 Å². The second-order valence-corrected chi connectivity index (χ2v) is 7.18. The molecule has 0 radical (unpaired) electrons. The van der Waals surface area contributed by atoms with Crippen molar-refractivity contribution in [2.45, 2.75) is 32.1 Å². The van der Waals surface area contributed by atoms with E-state index in [2.05, 4.69) is 48.1 Å². The number of hydrazine groups is 1. The normalized spacial score (nSPS) is 13.6. The van der Waals surface area contributed by atoms with E-state index in [0.717, 1.165) is 13.0 Å². The van der Waals surface area contributed by atoms with Crippen LogP contribution in [0, 0.1) is 0 Å². The SMILES string of the molecule is Nc1c(NCCC2=CCCCC2)ncnc1NNC(=O)c1ccccc1Br. The van der Waals surface area contributed by atoms with E-state index in [0.29, 0.717) is 27.4 Å². The lowest BCUT2D eigenvalue weighted by Crippen LogP contribution is -2.30. The number of hydrogen-bond acceptors (Lipinski definition) is 6. The number of halogens is 1. The summed E-state index contributed by atoms with van der Waals surface area (Å²) in [5, 5.41) is 3.25. The number of carbonyl (C=O) groups is 1. The molecule has 2 aromatic rings. The van der Waals surface area contributed by atoms with Crippen LogP contribution in [0.2, 0.25) is 0 Å². The van der Waals surface area contributed by atoms with E-state index in [9.17, 15) is 4.79 Å². The molecule has 1 aliphatic carbocycles. The summed E-state index contributed by atoms with van der Waals surface area (Å²) in [4.78, 5) is 20.6. The maximum atomic E-state index is 12.3. The van der Waals surface area contributed by atoms with E-state index < -0.39 is 0 Å². The van der Waals surface area contributed by atoms with Gasteiger partial charge >= 0.3 is 0 Å². The molecule has 1 aromatic carbocycles. The van der Waals surface area contributed by atoms with Gasteiger partial charge in [0.15, 0.2) is 11.6 Å². The minimum absolute atomic E-state index is 0.292. The molecule has 27 heavy (non-hydrogen) atoms. The Labute approximate surface area is 167 Å². The second-order valence-electron chi connectivity index (χ2n) is 6.33. The third-order valence-electron chi connectivity index (χ3n) is 4.42. The number of allylic oxidation sites excluding steroid dienone is 1. The van der Waals surface area contributed by atoms with Gasteiger partial charge in [-0.25, -0.2) is 9.97 Å². The van der Waals surface area contributed by atoms with E-state index in [4.69, 9.17) is 5.73 Å². The number of nitrogens with one attached hydrogen (secondary N) is 3. The molecular formula is C19H23BrN6O. The third-order valence-corrected chi connectivity index (χ3v) is 5.11. The number of nitrogens with two attached hydrogens (primary N) is 1. The first kappa shape index (κ1) is 19.2. The molecule has 7 nitrogen and oxygen atoms in total. The number of aromatic nitrogens is 2. The Balaban J connectivity index is 1.57. The van der Waals surface area contributed by atoms with Gasteiger partial charge in [-0.1, -0.05) is 23.8 Å². The van der Waals surface area contributed by atoms with Crippen LogP contribution in [-0.4, -0.2) is 22.4 Å². The molecule has 5 N–H and O–H groups in total. The molecule has 0 saturated carbocycles. The van der Waals surface area contributed by atoms with Crippen molar-refractivity contribution in [3.8, 4) is 0 Å². The zero-order chi connectivity index (χ0) is 19.1. The summed E-state index contributed by atoms with van der Waals surface area (Å²) in [6.45, 7) is 0.760. The molecule has 0 unspecified atom stereocenters. The summed E-state index contributed by atoms with van der Waals surface area (Å²) in [5.41, 5.74) is 13.9. The van der Waals surface area contributed by atoms with Crippen LogP contribution in [0.15, 0.2) is 46.7 Å². The fourth-order valence-electron chi connectivity index (χ4n) is 2.94. The van der Waals surface area contributed by atoms with Crippen LogP contribution in [0.25, 0.3) is 0 Å². The molecule has 8 heteroatoms. The summed E-state index contributed by atoms with van der Waals surface area (Å²) in [5.74, 6) is 0.614. The molecule has 1 aromatic heterocycles. The monoisotopic (exact) mass is 430 g/mol. The number of carbonyl (C=O) groups excluding carboxylic acids is 1. The lowest BCUT2D eigenvalue weighted by molar-refractivity contribution is 0.0961. The highest BCUT2D eigenvalue weighted by atomic mass is 79.9. The molecule has 0 saturated heterocycles. The van der Waals surface area contributed by atoms with Crippen molar-refractivity contribution < 1.29 is 4.79 Å². The highest BCUT2D eigenvalue weighted by Crippen LogP contribution is 2.24. The van der Waals surface area contributed by atoms with Crippen LogP contribution in [0.4, 0.5) is 17.3 Å². The average Bonchev–Trinajstić information content (AvgIpc) is 2.69. The van der Waals surface area contributed by atoms with Crippen LogP contribution in [-0.2, 0) is 0 Å². The molecule has 0 atom stereocenters. The first-order chi connectivity index (χ1) is 13.1. The van der Waals surface area contributed by atoms with Crippen LogP contribution >= 0.6 is 15.9 Å². The number of nitrogen functional groups attached to an aromatic ring is 1. The summed E-state index contributed by atoms with van der Waals surface area (Å²) < 4.78 is 0.708. The lowest BCUT2D eigenvalue weighted by atomic mass is 9.97. The Morgan fingerprint density at radius 3 is 2.78 bits per heavy atom. The molecule has 0 fully saturated rings. The van der Waals surface area contributed by atoms with Gasteiger partial charge < -0.3 is 11.1 Å². The summed E-state index contributed by atoms with van der Waals surface area (Å²) >= 11 is 3.36. The number of rotatable bonds is 7. The fourth-order valence-corrected chi connectivity index (χ4v) is 3.40. The first-order valence-corrected chi connectivity index (χ1v) is 9.77. The number of nitrogens with zero attached hydrogens (tertiary/aromatic N) is 2. The minimum atomic E-state index is -0.292. The topological polar surface area (TPSA) is 105 Å². The predicted octanol–water partition coefficient (Wildman–Crippen LogP) is 3.88. The number of anilines is 3. The van der Waals surface area contributed by atoms with Gasteiger partial charge in [0.25, 0.3) is 5.91 Å². The molecule has 0 aliphatic heterocycles. The van der Waals surface area contributed by atoms with Gasteiger partial charge in [0.2, 0.25) is 0 Å². The van der Waals surface area contributed by atoms with Crippen LogP contribution in [0.3, 0.4) is 0 Å². The molecule has 142 valence electrons. The zero-order valence-corrected chi connectivity index (χ0v) is 16.6. The van der Waals surface area contributed by atoms with E-state index >= 15 is 0 Å². The second kappa shape index (κ2) is 9.36. The maximum absolute atomic E-state index is 12.3. The Morgan fingerprint density at radius 2 is 2.00 bits per heavy atom. The summed E-state index contributed by atoms with van der Waals surface area (Å²) in [6, 6.07) is 7.16. The van der Waals surface area contributed by atoms with Gasteiger partial charge in [-0.15, -0.1) is 0 Å². The Morgan fingerprint density at radius 1 is 1.19 bits per heavy atom. The zero-order valence-electron chi connectivity index (χ0n) is 15.0. The molecule has 1 amide bonds. The van der Waals surface area contributed by atoms with E-state index in [1.807, 2.05) is 6.07 Å². The Hall–Kier alpha value is -2.61. The van der Waals surface area contributed by atoms with Crippen molar-refractivity contribution in [1.29, 1.82) is 0 Å². The predicted molar refractivity (Wildman–Crippen MR) is 111 cm³/mol. The van der Waals surface area contributed by atoms with E-state index in [1.54, 1.807) is 18.2 Å². The quantitative estimate of drug-likeness (QED) is 0.392. The largest absolute Gasteiger partial charge is 0.393 e. The van der Waals surface area contributed by atoms with Crippen LogP contribution in [0.1, 0.15) is 42.5 Å². The molecule has 0 bridgehead atoms. The van der Waals surface area contributed by atoms with Crippen molar-refractivity contribution in [3.63, 3.8) is 0 Å². The van der Waals surface area contributed by atoms with Gasteiger partial charge in [-0.3, -0.25) is 15.6 Å². The maximum Gasteiger partial charge on any atom is 0.270 e. The van der Waals surface area contributed by atoms with E-state index in [1.165, 1.54) is 37.6 Å². The van der Waals surface area contributed by atoms with Crippen LogP contribution < -0.4 is 21.9 Å². The molecule has 1 aliphatic rings. The van der Waals surface area contributed by atoms with Crippen molar-refractivity contribution in [2.24, 2.45) is 0 Å². The Bertz CT molecular complexity index is 839. The van der Waals surface area contributed by atoms with Crippen molar-refractivity contribution in [1.82, 2.24) is 15.4 Å². The number of amides is 1. The van der Waals surface area contributed by atoms with Gasteiger partial charge in [0, 0.05) is 11.0 Å². The molecule has 1 heterocycles. The number of benzene rings is 1. The van der Waals surface area contributed by atoms with Crippen molar-refractivity contribution >= 4 is 39.2 Å². The molecular weight excluding hydrogens is 408 g/mol. The standard InChI is InChI=1S/C19H23BrN6O/c20-15-9-5-4-8-14(15)19(27)26-25-18-16(21)17(23-12-24-18)22-11-10-13-6-2-1-3-7-13/h4-6,8-9,12H,1-3,7,10-11,21H2,(H,26,27)(H2,22,23,24,25). The van der Waals surface area contributed by atoms with Gasteiger partial charge in [-0.2, -0.15) is 0 Å². The lowest BCUT2D eigenvalue weighted by Gasteiger charge is -2.15. The summed E-state index contributed by atoms with van der Waals surface area (Å²) in [6.07, 6.45) is 9.63. The van der Waals surface area contributed by atoms with Crippen molar-refractivity contribution in [3.05, 3.63) is 52.3 Å². The van der Waals surface area contributed by atoms with Gasteiger partial charge in [-0.05, 0) is 60.2 Å².